The van der Waals surface area contributed by atoms with Crippen LogP contribution in [-0.2, 0) is 16.1 Å². The van der Waals surface area contributed by atoms with E-state index in [0.717, 1.165) is 5.69 Å². The van der Waals surface area contributed by atoms with Crippen molar-refractivity contribution in [3.05, 3.63) is 47.0 Å². The molecule has 0 saturated heterocycles. The average molecular weight is 291 g/mol. The lowest BCUT2D eigenvalue weighted by Crippen LogP contribution is -2.18. The Hall–Kier alpha value is -2.21. The summed E-state index contributed by atoms with van der Waals surface area (Å²) in [5, 5.41) is 7.11. The number of anilines is 1. The van der Waals surface area contributed by atoms with Crippen molar-refractivity contribution < 1.29 is 13.9 Å². The number of aryl methyl sites for hydroxylation is 1. The molecular formula is C15H18FN3O2. The van der Waals surface area contributed by atoms with E-state index in [0.29, 0.717) is 23.5 Å². The summed E-state index contributed by atoms with van der Waals surface area (Å²) in [6, 6.07) is 6.57. The molecule has 0 aliphatic carbocycles. The molecule has 1 N–H and O–H groups in total. The lowest BCUT2D eigenvalue weighted by atomic mass is 10.2. The molecule has 0 fully saturated rings. The molecule has 2 aromatic rings. The third-order valence-corrected chi connectivity index (χ3v) is 3.20. The Morgan fingerprint density at radius 3 is 2.76 bits per heavy atom. The normalized spacial score (nSPS) is 10.7. The molecule has 1 aromatic heterocycles. The van der Waals surface area contributed by atoms with Crippen LogP contribution < -0.4 is 5.32 Å². The van der Waals surface area contributed by atoms with Crippen LogP contribution in [0.3, 0.4) is 0 Å². The van der Waals surface area contributed by atoms with Crippen molar-refractivity contribution in [3.8, 4) is 0 Å². The maximum atomic E-state index is 13.7. The first-order valence-electron chi connectivity index (χ1n) is 6.59. The van der Waals surface area contributed by atoms with Crippen molar-refractivity contribution in [2.45, 2.75) is 20.4 Å². The first-order valence-corrected chi connectivity index (χ1v) is 6.59. The smallest absolute Gasteiger partial charge is 0.250 e. The second-order valence-electron chi connectivity index (χ2n) is 4.78. The lowest BCUT2D eigenvalue weighted by molar-refractivity contribution is -0.119. The van der Waals surface area contributed by atoms with E-state index in [1.54, 1.807) is 29.8 Å². The molecule has 1 amide bonds. The number of benzene rings is 1. The van der Waals surface area contributed by atoms with Crippen molar-refractivity contribution >= 4 is 11.6 Å². The highest BCUT2D eigenvalue weighted by Crippen LogP contribution is 2.21. The topological polar surface area (TPSA) is 56.1 Å². The summed E-state index contributed by atoms with van der Waals surface area (Å²) < 4.78 is 20.2. The van der Waals surface area contributed by atoms with Crippen LogP contribution in [0, 0.1) is 19.7 Å². The van der Waals surface area contributed by atoms with Crippen molar-refractivity contribution in [1.29, 1.82) is 0 Å². The number of carbonyl (C=O) groups is 1. The van der Waals surface area contributed by atoms with Gasteiger partial charge in [-0.15, -0.1) is 0 Å². The fourth-order valence-electron chi connectivity index (χ4n) is 2.13. The van der Waals surface area contributed by atoms with E-state index < -0.39 is 0 Å². The van der Waals surface area contributed by atoms with Crippen LogP contribution in [0.2, 0.25) is 0 Å². The van der Waals surface area contributed by atoms with Crippen molar-refractivity contribution in [3.63, 3.8) is 0 Å². The molecular weight excluding hydrogens is 273 g/mol. The second-order valence-corrected chi connectivity index (χ2v) is 4.78. The summed E-state index contributed by atoms with van der Waals surface area (Å²) in [7, 11) is 1.46. The number of halogens is 1. The molecule has 2 rings (SSSR count). The zero-order valence-electron chi connectivity index (χ0n) is 12.3. The van der Waals surface area contributed by atoms with Gasteiger partial charge in [0.15, 0.2) is 0 Å². The molecule has 1 heterocycles. The Labute approximate surface area is 122 Å². The maximum absolute atomic E-state index is 13.7. The van der Waals surface area contributed by atoms with Crippen molar-refractivity contribution in [1.82, 2.24) is 9.78 Å². The molecule has 1 aromatic carbocycles. The van der Waals surface area contributed by atoms with E-state index in [4.69, 9.17) is 4.74 Å². The van der Waals surface area contributed by atoms with E-state index in [1.807, 2.05) is 6.92 Å². The number of aromatic nitrogens is 2. The van der Waals surface area contributed by atoms with Crippen LogP contribution in [0.4, 0.5) is 10.1 Å². The average Bonchev–Trinajstić information content (AvgIpc) is 2.69. The number of methoxy groups -OCH3 is 1. The molecule has 0 unspecified atom stereocenters. The van der Waals surface area contributed by atoms with Crippen LogP contribution in [0.15, 0.2) is 24.3 Å². The third-order valence-electron chi connectivity index (χ3n) is 3.20. The molecule has 0 spiro atoms. The minimum Gasteiger partial charge on any atom is -0.375 e. The first kappa shape index (κ1) is 15.2. The van der Waals surface area contributed by atoms with Gasteiger partial charge in [0, 0.05) is 12.7 Å². The monoisotopic (exact) mass is 291 g/mol. The standard InChI is InChI=1S/C15H18FN3O2/c1-10-15(17-14(20)9-21-3)11(2)19(18-10)8-12-6-4-5-7-13(12)16/h4-7H,8-9H2,1-3H3,(H,17,20). The number of amides is 1. The number of ether oxygens (including phenoxy) is 1. The summed E-state index contributed by atoms with van der Waals surface area (Å²) >= 11 is 0. The highest BCUT2D eigenvalue weighted by molar-refractivity contribution is 5.92. The van der Waals surface area contributed by atoms with Gasteiger partial charge in [-0.05, 0) is 19.9 Å². The Morgan fingerprint density at radius 1 is 1.38 bits per heavy atom. The summed E-state index contributed by atoms with van der Waals surface area (Å²) in [6.07, 6.45) is 0. The van der Waals surface area contributed by atoms with Crippen LogP contribution in [0.25, 0.3) is 0 Å². The van der Waals surface area contributed by atoms with Gasteiger partial charge in [0.25, 0.3) is 0 Å². The molecule has 0 bridgehead atoms. The molecule has 0 radical (unpaired) electrons. The zero-order valence-corrected chi connectivity index (χ0v) is 12.3. The largest absolute Gasteiger partial charge is 0.375 e. The highest BCUT2D eigenvalue weighted by Gasteiger charge is 2.15. The fourth-order valence-corrected chi connectivity index (χ4v) is 2.13. The summed E-state index contributed by atoms with van der Waals surface area (Å²) in [5.74, 6) is -0.510. The molecule has 6 heteroatoms. The molecule has 0 aliphatic rings. The predicted octanol–water partition coefficient (Wildman–Crippen LogP) is 2.27. The molecule has 0 atom stereocenters. The number of carbonyl (C=O) groups excluding carboxylic acids is 1. The Balaban J connectivity index is 2.23. The van der Waals surface area contributed by atoms with Crippen LogP contribution in [-0.4, -0.2) is 29.4 Å². The van der Waals surface area contributed by atoms with Gasteiger partial charge >= 0.3 is 0 Å². The zero-order chi connectivity index (χ0) is 15.4. The minimum absolute atomic E-state index is 0.0165. The number of nitrogens with one attached hydrogen (secondary N) is 1. The Morgan fingerprint density at radius 2 is 2.10 bits per heavy atom. The molecule has 0 aliphatic heterocycles. The number of hydrogen-bond acceptors (Lipinski definition) is 3. The summed E-state index contributed by atoms with van der Waals surface area (Å²) in [4.78, 5) is 11.6. The highest BCUT2D eigenvalue weighted by atomic mass is 19.1. The molecule has 5 nitrogen and oxygen atoms in total. The maximum Gasteiger partial charge on any atom is 0.250 e. The van der Waals surface area contributed by atoms with Gasteiger partial charge in [-0.1, -0.05) is 18.2 Å². The van der Waals surface area contributed by atoms with Crippen LogP contribution in [0.5, 0.6) is 0 Å². The number of nitrogens with zero attached hydrogens (tertiary/aromatic N) is 2. The lowest BCUT2D eigenvalue weighted by Gasteiger charge is -2.07. The van der Waals surface area contributed by atoms with E-state index in [-0.39, 0.29) is 18.3 Å². The van der Waals surface area contributed by atoms with Gasteiger partial charge in [0.1, 0.15) is 12.4 Å². The van der Waals surface area contributed by atoms with Crippen molar-refractivity contribution in [2.24, 2.45) is 0 Å². The number of rotatable bonds is 5. The van der Waals surface area contributed by atoms with Gasteiger partial charge < -0.3 is 10.1 Å². The fraction of sp³-hybridized carbons (Fsp3) is 0.333. The van der Waals surface area contributed by atoms with Gasteiger partial charge in [-0.25, -0.2) is 4.39 Å². The SMILES string of the molecule is COCC(=O)Nc1c(C)nn(Cc2ccccc2F)c1C. The van der Waals surface area contributed by atoms with E-state index >= 15 is 0 Å². The first-order chi connectivity index (χ1) is 10.0. The van der Waals surface area contributed by atoms with E-state index in [1.165, 1.54) is 13.2 Å². The van der Waals surface area contributed by atoms with E-state index in [9.17, 15) is 9.18 Å². The van der Waals surface area contributed by atoms with Gasteiger partial charge in [0.2, 0.25) is 5.91 Å². The summed E-state index contributed by atoms with van der Waals surface area (Å²) in [5.41, 5.74) is 2.67. The van der Waals surface area contributed by atoms with Crippen molar-refractivity contribution in [2.75, 3.05) is 19.0 Å². The summed E-state index contributed by atoms with van der Waals surface area (Å²) in [6.45, 7) is 3.94. The van der Waals surface area contributed by atoms with Gasteiger partial charge in [-0.3, -0.25) is 9.48 Å². The molecule has 0 saturated carbocycles. The van der Waals surface area contributed by atoms with Gasteiger partial charge in [-0.2, -0.15) is 5.10 Å². The quantitative estimate of drug-likeness (QED) is 0.919. The number of hydrogen-bond donors (Lipinski definition) is 1. The van der Waals surface area contributed by atoms with Gasteiger partial charge in [0.05, 0.1) is 23.6 Å². The Bertz CT molecular complexity index is 652. The van der Waals surface area contributed by atoms with E-state index in [2.05, 4.69) is 10.4 Å². The Kier molecular flexibility index (Phi) is 4.70. The van der Waals surface area contributed by atoms with Crippen LogP contribution in [0.1, 0.15) is 17.0 Å². The molecule has 112 valence electrons. The second kappa shape index (κ2) is 6.49. The minimum atomic E-state index is -0.268. The molecule has 21 heavy (non-hydrogen) atoms. The third kappa shape index (κ3) is 3.46. The van der Waals surface area contributed by atoms with Crippen LogP contribution >= 0.6 is 0 Å². The predicted molar refractivity (Wildman–Crippen MR) is 77.7 cm³/mol.